The number of nitrogens with one attached hydrogen (secondary N) is 1. The first-order chi connectivity index (χ1) is 12.1. The highest BCUT2D eigenvalue weighted by atomic mass is 16.6. The molecule has 0 radical (unpaired) electrons. The number of hydrogen-bond donors (Lipinski definition) is 1. The average Bonchev–Trinajstić information content (AvgIpc) is 3.15. The van der Waals surface area contributed by atoms with Gasteiger partial charge in [0.1, 0.15) is 12.4 Å². The Hall–Kier alpha value is -3.03. The third kappa shape index (κ3) is 2.59. The summed E-state index contributed by atoms with van der Waals surface area (Å²) in [6.45, 7) is 2.89. The lowest BCUT2D eigenvalue weighted by Gasteiger charge is -2.12. The number of H-pyrrole nitrogens is 1. The van der Waals surface area contributed by atoms with E-state index in [1.807, 2.05) is 18.2 Å². The van der Waals surface area contributed by atoms with Crippen molar-refractivity contribution < 1.29 is 9.47 Å². The number of fused-ring (bicyclic) bond motifs is 3. The van der Waals surface area contributed by atoms with Crippen molar-refractivity contribution in [1.82, 2.24) is 19.1 Å². The summed E-state index contributed by atoms with van der Waals surface area (Å²) in [7, 11) is 1.56. The van der Waals surface area contributed by atoms with Crippen LogP contribution in [-0.4, -0.2) is 31.8 Å². The zero-order valence-electron chi connectivity index (χ0n) is 14.0. The Balaban J connectivity index is 1.55. The Morgan fingerprint density at radius 3 is 3.04 bits per heavy atom. The first-order valence-corrected chi connectivity index (χ1v) is 8.14. The molecule has 3 aromatic rings. The second kappa shape index (κ2) is 5.80. The van der Waals surface area contributed by atoms with Crippen LogP contribution in [0.25, 0.3) is 11.2 Å². The van der Waals surface area contributed by atoms with Crippen LogP contribution in [-0.2, 0) is 20.0 Å². The summed E-state index contributed by atoms with van der Waals surface area (Å²) in [6.07, 6.45) is 0.703. The van der Waals surface area contributed by atoms with Gasteiger partial charge >= 0.3 is 5.69 Å². The van der Waals surface area contributed by atoms with Crippen LogP contribution in [0.1, 0.15) is 12.5 Å². The molecule has 0 spiro atoms. The van der Waals surface area contributed by atoms with Gasteiger partial charge in [-0.15, -0.1) is 0 Å². The van der Waals surface area contributed by atoms with Crippen LogP contribution < -0.4 is 20.7 Å². The van der Waals surface area contributed by atoms with Crippen LogP contribution in [0.3, 0.4) is 0 Å². The van der Waals surface area contributed by atoms with E-state index < -0.39 is 11.2 Å². The normalized spacial score (nSPS) is 16.0. The summed E-state index contributed by atoms with van der Waals surface area (Å²) in [6, 6.07) is 8.25. The second-order valence-electron chi connectivity index (χ2n) is 6.05. The van der Waals surface area contributed by atoms with Gasteiger partial charge in [-0.3, -0.25) is 18.9 Å². The van der Waals surface area contributed by atoms with Crippen molar-refractivity contribution in [1.29, 1.82) is 0 Å². The lowest BCUT2D eigenvalue weighted by molar-refractivity contribution is 0.143. The van der Waals surface area contributed by atoms with Crippen molar-refractivity contribution in [2.75, 3.05) is 6.61 Å². The summed E-state index contributed by atoms with van der Waals surface area (Å²) in [5.41, 5.74) is 0.908. The number of aromatic amines is 1. The molecule has 1 aliphatic rings. The van der Waals surface area contributed by atoms with Gasteiger partial charge in [-0.25, -0.2) is 4.79 Å². The van der Waals surface area contributed by atoms with E-state index in [0.717, 1.165) is 12.2 Å². The molecule has 1 N–H and O–H groups in total. The van der Waals surface area contributed by atoms with Crippen LogP contribution in [0.15, 0.2) is 33.9 Å². The van der Waals surface area contributed by atoms with Crippen molar-refractivity contribution in [3.05, 3.63) is 50.7 Å². The van der Waals surface area contributed by atoms with Gasteiger partial charge in [-0.05, 0) is 24.1 Å². The first-order valence-electron chi connectivity index (χ1n) is 8.14. The minimum absolute atomic E-state index is 0.242. The topological polar surface area (TPSA) is 91.1 Å². The van der Waals surface area contributed by atoms with E-state index in [2.05, 4.69) is 23.0 Å². The maximum atomic E-state index is 12.1. The Labute approximate surface area is 142 Å². The third-order valence-electron chi connectivity index (χ3n) is 4.37. The molecule has 3 heterocycles. The molecule has 0 aliphatic carbocycles. The fraction of sp³-hybridized carbons (Fsp3) is 0.353. The van der Waals surface area contributed by atoms with Crippen molar-refractivity contribution in [2.24, 2.45) is 7.05 Å². The SMILES string of the molecule is CCc1cccc(OC[C@@H]2Cn3c(nc4c3c(=O)[nH]c(=O)n4C)O2)c1. The fourth-order valence-corrected chi connectivity index (χ4v) is 3.00. The van der Waals surface area contributed by atoms with Crippen LogP contribution >= 0.6 is 0 Å². The number of nitrogens with zero attached hydrogens (tertiary/aromatic N) is 3. The summed E-state index contributed by atoms with van der Waals surface area (Å²) >= 11 is 0. The molecular weight excluding hydrogens is 324 g/mol. The lowest BCUT2D eigenvalue weighted by Crippen LogP contribution is -2.30. The van der Waals surface area contributed by atoms with Crippen LogP contribution in [0.4, 0.5) is 0 Å². The Kier molecular flexibility index (Phi) is 3.60. The largest absolute Gasteiger partial charge is 0.490 e. The van der Waals surface area contributed by atoms with Gasteiger partial charge < -0.3 is 9.47 Å². The van der Waals surface area contributed by atoms with Crippen molar-refractivity contribution in [2.45, 2.75) is 26.0 Å². The van der Waals surface area contributed by atoms with E-state index in [1.165, 1.54) is 10.1 Å². The number of benzene rings is 1. The highest BCUT2D eigenvalue weighted by Crippen LogP contribution is 2.25. The fourth-order valence-electron chi connectivity index (χ4n) is 3.00. The summed E-state index contributed by atoms with van der Waals surface area (Å²) in [5, 5.41) is 0. The molecule has 8 heteroatoms. The molecule has 1 aromatic carbocycles. The van der Waals surface area contributed by atoms with Gasteiger partial charge in [-0.2, -0.15) is 4.98 Å². The van der Waals surface area contributed by atoms with E-state index in [-0.39, 0.29) is 6.10 Å². The molecule has 1 atom stereocenters. The summed E-state index contributed by atoms with van der Waals surface area (Å²) in [4.78, 5) is 30.3. The highest BCUT2D eigenvalue weighted by molar-refractivity contribution is 5.72. The van der Waals surface area contributed by atoms with E-state index in [9.17, 15) is 9.59 Å². The van der Waals surface area contributed by atoms with Gasteiger partial charge in [0.2, 0.25) is 0 Å². The standard InChI is InChI=1S/C17H18N4O4/c1-3-10-5-4-6-11(7-10)24-9-12-8-21-13-14(18-17(21)25-12)20(2)16(23)19-15(13)22/h4-7,12H,3,8-9H2,1-2H3,(H,19,22,23)/t12-/m0/s1. The van der Waals surface area contributed by atoms with E-state index in [1.54, 1.807) is 11.6 Å². The van der Waals surface area contributed by atoms with Gasteiger partial charge in [0.15, 0.2) is 17.3 Å². The molecule has 1 aliphatic heterocycles. The minimum atomic E-state index is -0.495. The molecule has 0 fully saturated rings. The van der Waals surface area contributed by atoms with Crippen LogP contribution in [0.2, 0.25) is 0 Å². The maximum Gasteiger partial charge on any atom is 0.329 e. The number of ether oxygens (including phenoxy) is 2. The summed E-state index contributed by atoms with van der Waals surface area (Å²) < 4.78 is 14.6. The molecule has 2 aromatic heterocycles. The highest BCUT2D eigenvalue weighted by Gasteiger charge is 2.29. The predicted octanol–water partition coefficient (Wildman–Crippen LogP) is 0.826. The van der Waals surface area contributed by atoms with Gasteiger partial charge in [-0.1, -0.05) is 19.1 Å². The van der Waals surface area contributed by atoms with Gasteiger partial charge in [0.25, 0.3) is 11.6 Å². The average molecular weight is 342 g/mol. The van der Waals surface area contributed by atoms with Crippen LogP contribution in [0.5, 0.6) is 11.8 Å². The zero-order chi connectivity index (χ0) is 17.6. The zero-order valence-corrected chi connectivity index (χ0v) is 14.0. The molecule has 25 heavy (non-hydrogen) atoms. The molecule has 8 nitrogen and oxygen atoms in total. The molecule has 0 bridgehead atoms. The third-order valence-corrected chi connectivity index (χ3v) is 4.37. The predicted molar refractivity (Wildman–Crippen MR) is 91.3 cm³/mol. The van der Waals surface area contributed by atoms with Gasteiger partial charge in [0.05, 0.1) is 6.54 Å². The lowest BCUT2D eigenvalue weighted by atomic mass is 10.2. The smallest absolute Gasteiger partial charge is 0.329 e. The number of rotatable bonds is 4. The molecule has 0 unspecified atom stereocenters. The van der Waals surface area contributed by atoms with Crippen molar-refractivity contribution in [3.8, 4) is 11.8 Å². The number of hydrogen-bond acceptors (Lipinski definition) is 5. The molecule has 0 saturated carbocycles. The van der Waals surface area contributed by atoms with E-state index >= 15 is 0 Å². The monoisotopic (exact) mass is 342 g/mol. The Morgan fingerprint density at radius 2 is 2.24 bits per heavy atom. The van der Waals surface area contributed by atoms with Crippen molar-refractivity contribution >= 4 is 11.2 Å². The number of imidazole rings is 1. The molecule has 0 amide bonds. The van der Waals surface area contributed by atoms with E-state index in [0.29, 0.717) is 30.3 Å². The minimum Gasteiger partial charge on any atom is -0.490 e. The maximum absolute atomic E-state index is 12.1. The number of aromatic nitrogens is 4. The van der Waals surface area contributed by atoms with Gasteiger partial charge in [0, 0.05) is 7.05 Å². The quantitative estimate of drug-likeness (QED) is 0.758. The first kappa shape index (κ1) is 15.5. The van der Waals surface area contributed by atoms with Crippen LogP contribution in [0, 0.1) is 0 Å². The van der Waals surface area contributed by atoms with E-state index in [4.69, 9.17) is 9.47 Å². The Morgan fingerprint density at radius 1 is 1.40 bits per heavy atom. The van der Waals surface area contributed by atoms with Crippen molar-refractivity contribution in [3.63, 3.8) is 0 Å². The second-order valence-corrected chi connectivity index (χ2v) is 6.05. The molecule has 0 saturated heterocycles. The molecule has 4 rings (SSSR count). The molecular formula is C17H18N4O4. The summed E-state index contributed by atoms with van der Waals surface area (Å²) in [5.74, 6) is 0.789. The number of aryl methyl sites for hydroxylation is 2. The molecule has 130 valence electrons. The Bertz CT molecular complexity index is 1060.